The van der Waals surface area contributed by atoms with Crippen LogP contribution >= 0.6 is 11.8 Å². The zero-order valence-corrected chi connectivity index (χ0v) is 14.3. The molecule has 2 N–H and O–H groups in total. The zero-order chi connectivity index (χ0) is 15.7. The Bertz CT molecular complexity index is 460. The molecule has 1 aromatic heterocycles. The molecule has 2 heterocycles. The molecule has 1 fully saturated rings. The molecule has 0 amide bonds. The van der Waals surface area contributed by atoms with Gasteiger partial charge in [0.1, 0.15) is 0 Å². The van der Waals surface area contributed by atoms with Crippen molar-refractivity contribution >= 4 is 17.7 Å². The largest absolute Gasteiger partial charge is 0.381 e. The molecule has 2 rings (SSSR count). The van der Waals surface area contributed by atoms with Gasteiger partial charge in [-0.2, -0.15) is 11.8 Å². The van der Waals surface area contributed by atoms with E-state index >= 15 is 0 Å². The summed E-state index contributed by atoms with van der Waals surface area (Å²) in [6.07, 6.45) is 7.08. The predicted molar refractivity (Wildman–Crippen MR) is 93.6 cm³/mol. The number of hydrogen-bond acceptors (Lipinski definition) is 4. The Kier molecular flexibility index (Phi) is 6.99. The number of rotatable bonds is 6. The number of guanidine groups is 1. The normalized spacial score (nSPS) is 18.0. The molecular weight excluding hydrogens is 296 g/mol. The smallest absolute Gasteiger partial charge is 0.191 e. The van der Waals surface area contributed by atoms with E-state index in [1.54, 1.807) is 0 Å². The Hall–Kier alpha value is -1.27. The van der Waals surface area contributed by atoms with Crippen LogP contribution in [0.4, 0.5) is 0 Å². The molecule has 1 aliphatic heterocycles. The van der Waals surface area contributed by atoms with Gasteiger partial charge in [-0.15, -0.1) is 0 Å². The van der Waals surface area contributed by atoms with E-state index < -0.39 is 0 Å². The van der Waals surface area contributed by atoms with Crippen molar-refractivity contribution in [3.8, 4) is 0 Å². The molecule has 0 spiro atoms. The van der Waals surface area contributed by atoms with Gasteiger partial charge in [0.15, 0.2) is 5.96 Å². The maximum Gasteiger partial charge on any atom is 0.191 e. The number of nitrogens with zero attached hydrogens (tertiary/aromatic N) is 2. The van der Waals surface area contributed by atoms with Crippen molar-refractivity contribution in [1.29, 1.82) is 0 Å². The lowest BCUT2D eigenvalue weighted by Crippen LogP contribution is -2.48. The summed E-state index contributed by atoms with van der Waals surface area (Å²) in [6.45, 7) is 3.45. The predicted octanol–water partition coefficient (Wildman–Crippen LogP) is 1.70. The Morgan fingerprint density at radius 2 is 2.18 bits per heavy atom. The molecule has 0 saturated carbocycles. The molecule has 0 aromatic carbocycles. The highest BCUT2D eigenvalue weighted by atomic mass is 32.2. The van der Waals surface area contributed by atoms with Gasteiger partial charge in [0.2, 0.25) is 0 Å². The summed E-state index contributed by atoms with van der Waals surface area (Å²) in [5.41, 5.74) is 1.09. The van der Waals surface area contributed by atoms with Crippen molar-refractivity contribution in [2.24, 2.45) is 4.99 Å². The Labute approximate surface area is 137 Å². The number of aromatic nitrogens is 1. The third kappa shape index (κ3) is 5.18. The van der Waals surface area contributed by atoms with E-state index in [0.717, 1.165) is 57.2 Å². The van der Waals surface area contributed by atoms with Crippen LogP contribution in [0.2, 0.25) is 0 Å². The Morgan fingerprint density at radius 1 is 1.36 bits per heavy atom. The van der Waals surface area contributed by atoms with Gasteiger partial charge in [0.25, 0.3) is 0 Å². The fraction of sp³-hybridized carbons (Fsp3) is 0.625. The molecule has 0 unspecified atom stereocenters. The van der Waals surface area contributed by atoms with Crippen LogP contribution in [0.3, 0.4) is 0 Å². The first-order valence-corrected chi connectivity index (χ1v) is 8.98. The summed E-state index contributed by atoms with van der Waals surface area (Å²) in [5, 5.41) is 6.82. The van der Waals surface area contributed by atoms with E-state index in [2.05, 4.69) is 26.9 Å². The lowest BCUT2D eigenvalue weighted by Gasteiger charge is -2.36. The van der Waals surface area contributed by atoms with E-state index in [4.69, 9.17) is 4.74 Å². The topological polar surface area (TPSA) is 58.5 Å². The average molecular weight is 322 g/mol. The summed E-state index contributed by atoms with van der Waals surface area (Å²) < 4.78 is 5.74. The lowest BCUT2D eigenvalue weighted by atomic mass is 9.99. The first-order chi connectivity index (χ1) is 10.8. The minimum Gasteiger partial charge on any atom is -0.381 e. The van der Waals surface area contributed by atoms with E-state index in [0.29, 0.717) is 0 Å². The van der Waals surface area contributed by atoms with Crippen LogP contribution < -0.4 is 10.6 Å². The van der Waals surface area contributed by atoms with E-state index in [-0.39, 0.29) is 4.75 Å². The van der Waals surface area contributed by atoms with Crippen LogP contribution in [0.15, 0.2) is 29.4 Å². The fourth-order valence-corrected chi connectivity index (χ4v) is 3.31. The van der Waals surface area contributed by atoms with E-state index in [1.807, 2.05) is 43.2 Å². The second-order valence-electron chi connectivity index (χ2n) is 5.42. The van der Waals surface area contributed by atoms with Crippen molar-refractivity contribution in [3.63, 3.8) is 0 Å². The van der Waals surface area contributed by atoms with Crippen LogP contribution in [0.25, 0.3) is 0 Å². The third-order valence-electron chi connectivity index (χ3n) is 4.04. The van der Waals surface area contributed by atoms with Gasteiger partial charge in [-0.05, 0) is 31.2 Å². The minimum absolute atomic E-state index is 0.261. The number of thioether (sulfide) groups is 1. The zero-order valence-electron chi connectivity index (χ0n) is 13.5. The minimum atomic E-state index is 0.261. The molecule has 6 heteroatoms. The second-order valence-corrected chi connectivity index (χ2v) is 6.70. The number of ether oxygens (including phenoxy) is 1. The van der Waals surface area contributed by atoms with E-state index in [9.17, 15) is 0 Å². The summed E-state index contributed by atoms with van der Waals surface area (Å²) >= 11 is 1.93. The number of nitrogens with one attached hydrogen (secondary N) is 2. The molecule has 22 heavy (non-hydrogen) atoms. The maximum atomic E-state index is 5.48. The van der Waals surface area contributed by atoms with Gasteiger partial charge in [-0.3, -0.25) is 9.98 Å². The summed E-state index contributed by atoms with van der Waals surface area (Å²) in [6, 6.07) is 6.00. The molecule has 5 nitrogen and oxygen atoms in total. The van der Waals surface area contributed by atoms with Crippen molar-refractivity contribution in [2.45, 2.75) is 24.0 Å². The molecule has 1 aliphatic rings. The lowest BCUT2D eigenvalue weighted by molar-refractivity contribution is 0.0783. The van der Waals surface area contributed by atoms with Gasteiger partial charge in [0, 0.05) is 56.4 Å². The molecule has 1 aromatic rings. The van der Waals surface area contributed by atoms with Crippen molar-refractivity contribution in [1.82, 2.24) is 15.6 Å². The highest BCUT2D eigenvalue weighted by Gasteiger charge is 2.31. The number of aliphatic imine (C=N–C) groups is 1. The van der Waals surface area contributed by atoms with Crippen LogP contribution in [-0.2, 0) is 11.2 Å². The van der Waals surface area contributed by atoms with Crippen molar-refractivity contribution < 1.29 is 4.74 Å². The number of hydrogen-bond donors (Lipinski definition) is 2. The third-order valence-corrected chi connectivity index (χ3v) is 5.46. The molecule has 122 valence electrons. The van der Waals surface area contributed by atoms with Gasteiger partial charge in [0.05, 0.1) is 0 Å². The van der Waals surface area contributed by atoms with Gasteiger partial charge in [-0.1, -0.05) is 6.07 Å². The first kappa shape index (κ1) is 17.1. The highest BCUT2D eigenvalue weighted by molar-refractivity contribution is 8.00. The monoisotopic (exact) mass is 322 g/mol. The van der Waals surface area contributed by atoms with Crippen molar-refractivity contribution in [2.75, 3.05) is 39.6 Å². The molecule has 0 radical (unpaired) electrons. The second kappa shape index (κ2) is 9.00. The van der Waals surface area contributed by atoms with Gasteiger partial charge >= 0.3 is 0 Å². The molecule has 0 aliphatic carbocycles. The van der Waals surface area contributed by atoms with Gasteiger partial charge < -0.3 is 15.4 Å². The van der Waals surface area contributed by atoms with Crippen LogP contribution in [0, 0.1) is 0 Å². The fourth-order valence-electron chi connectivity index (χ4n) is 2.52. The molecule has 1 saturated heterocycles. The molecule has 0 atom stereocenters. The maximum absolute atomic E-state index is 5.48. The quantitative estimate of drug-likeness (QED) is 0.617. The van der Waals surface area contributed by atoms with Crippen LogP contribution in [0.1, 0.15) is 18.5 Å². The standard InChI is InChI=1S/C16H26N4OS/c1-17-15(19-10-6-14-5-3-4-9-18-14)20-13-16(22-2)7-11-21-12-8-16/h3-5,9H,6-8,10-13H2,1-2H3,(H2,17,19,20). The Balaban J connectivity index is 1.75. The number of pyridine rings is 1. The molecular formula is C16H26N4OS. The first-order valence-electron chi connectivity index (χ1n) is 7.75. The average Bonchev–Trinajstić information content (AvgIpc) is 2.59. The van der Waals surface area contributed by atoms with Crippen molar-refractivity contribution in [3.05, 3.63) is 30.1 Å². The summed E-state index contributed by atoms with van der Waals surface area (Å²) in [5.74, 6) is 0.857. The SMILES string of the molecule is CN=C(NCCc1ccccn1)NCC1(SC)CCOCC1. The van der Waals surface area contributed by atoms with Crippen LogP contribution in [-0.4, -0.2) is 55.3 Å². The highest BCUT2D eigenvalue weighted by Crippen LogP contribution is 2.32. The van der Waals surface area contributed by atoms with E-state index in [1.165, 1.54) is 0 Å². The molecule has 0 bridgehead atoms. The Morgan fingerprint density at radius 3 is 2.82 bits per heavy atom. The van der Waals surface area contributed by atoms with Gasteiger partial charge in [-0.25, -0.2) is 0 Å². The summed E-state index contributed by atoms with van der Waals surface area (Å²) in [4.78, 5) is 8.63. The van der Waals surface area contributed by atoms with Crippen LogP contribution in [0.5, 0.6) is 0 Å². The summed E-state index contributed by atoms with van der Waals surface area (Å²) in [7, 11) is 1.81.